The van der Waals surface area contributed by atoms with Gasteiger partial charge >= 0.3 is 7.60 Å². The fourth-order valence-electron chi connectivity index (χ4n) is 1.38. The molecule has 0 spiro atoms. The van der Waals surface area contributed by atoms with Gasteiger partial charge in [-0.3, -0.25) is 4.57 Å². The summed E-state index contributed by atoms with van der Waals surface area (Å²) in [6, 6.07) is 0.505. The number of nitrogens with one attached hydrogen (secondary N) is 1. The first kappa shape index (κ1) is 13.8. The van der Waals surface area contributed by atoms with Crippen molar-refractivity contribution in [3.05, 3.63) is 11.6 Å². The van der Waals surface area contributed by atoms with Crippen LogP contribution in [0.4, 0.5) is 0 Å². The van der Waals surface area contributed by atoms with Gasteiger partial charge in [-0.2, -0.15) is 0 Å². The summed E-state index contributed by atoms with van der Waals surface area (Å²) in [7, 11) is -3.91. The summed E-state index contributed by atoms with van der Waals surface area (Å²) in [5.74, 6) is 0. The van der Waals surface area contributed by atoms with E-state index >= 15 is 0 Å². The summed E-state index contributed by atoms with van der Waals surface area (Å²) in [6.07, 6.45) is 1.69. The molecule has 1 unspecified atom stereocenters. The van der Waals surface area contributed by atoms with Crippen LogP contribution in [0.25, 0.3) is 0 Å². The molecule has 84 valence electrons. The molecule has 0 aliphatic rings. The molecule has 0 saturated carbocycles. The van der Waals surface area contributed by atoms with Gasteiger partial charge in [-0.1, -0.05) is 25.5 Å². The summed E-state index contributed by atoms with van der Waals surface area (Å²) in [5, 5.41) is 3.23. The minimum atomic E-state index is -3.91. The van der Waals surface area contributed by atoms with Crippen LogP contribution in [0.3, 0.4) is 0 Å². The highest BCUT2D eigenvalue weighted by atomic mass is 31.2. The van der Waals surface area contributed by atoms with Gasteiger partial charge in [0.1, 0.15) is 0 Å². The molecule has 0 saturated heterocycles. The maximum absolute atomic E-state index is 10.7. The molecule has 0 bridgehead atoms. The van der Waals surface area contributed by atoms with Crippen LogP contribution < -0.4 is 5.32 Å². The van der Waals surface area contributed by atoms with Crippen molar-refractivity contribution in [3.8, 4) is 0 Å². The fraction of sp³-hybridized carbons (Fsp3) is 0.778. The molecule has 0 aliphatic heterocycles. The van der Waals surface area contributed by atoms with Gasteiger partial charge < -0.3 is 15.1 Å². The van der Waals surface area contributed by atoms with E-state index in [1.54, 1.807) is 6.92 Å². The summed E-state index contributed by atoms with van der Waals surface area (Å²) in [4.78, 5) is 17.5. The third-order valence-corrected chi connectivity index (χ3v) is 2.50. The van der Waals surface area contributed by atoms with E-state index in [0.717, 1.165) is 5.57 Å². The highest BCUT2D eigenvalue weighted by molar-refractivity contribution is 7.52. The molecule has 0 aromatic heterocycles. The third kappa shape index (κ3) is 8.45. The Bertz CT molecular complexity index is 244. The van der Waals surface area contributed by atoms with Crippen molar-refractivity contribution in [1.82, 2.24) is 5.32 Å². The number of allylic oxidation sites excluding steroid dienone is 1. The summed E-state index contributed by atoms with van der Waals surface area (Å²) >= 11 is 0. The van der Waals surface area contributed by atoms with E-state index in [4.69, 9.17) is 9.79 Å². The van der Waals surface area contributed by atoms with Crippen LogP contribution >= 0.6 is 7.60 Å². The monoisotopic (exact) mass is 221 g/mol. The lowest BCUT2D eigenvalue weighted by atomic mass is 10.2. The first-order valence-corrected chi connectivity index (χ1v) is 6.48. The van der Waals surface area contributed by atoms with Crippen LogP contribution in [0.1, 0.15) is 27.7 Å². The zero-order valence-electron chi connectivity index (χ0n) is 9.19. The van der Waals surface area contributed by atoms with Gasteiger partial charge in [-0.15, -0.1) is 0 Å². The van der Waals surface area contributed by atoms with Crippen LogP contribution in [-0.4, -0.2) is 28.0 Å². The van der Waals surface area contributed by atoms with Crippen molar-refractivity contribution >= 4 is 7.60 Å². The maximum Gasteiger partial charge on any atom is 0.329 e. The van der Waals surface area contributed by atoms with Gasteiger partial charge in [-0.25, -0.2) is 0 Å². The molecule has 4 nitrogen and oxygen atoms in total. The van der Waals surface area contributed by atoms with E-state index in [0.29, 0.717) is 6.04 Å². The van der Waals surface area contributed by atoms with Crippen molar-refractivity contribution in [3.63, 3.8) is 0 Å². The molecule has 0 amide bonds. The quantitative estimate of drug-likeness (QED) is 0.486. The number of hydrogen-bond acceptors (Lipinski definition) is 2. The average Bonchev–Trinajstić information content (AvgIpc) is 1.77. The predicted molar refractivity (Wildman–Crippen MR) is 58.4 cm³/mol. The Morgan fingerprint density at radius 3 is 2.29 bits per heavy atom. The minimum absolute atomic E-state index is 0.140. The van der Waals surface area contributed by atoms with Crippen molar-refractivity contribution in [2.75, 3.05) is 6.16 Å². The smallest absolute Gasteiger partial charge is 0.324 e. The zero-order chi connectivity index (χ0) is 11.4. The highest BCUT2D eigenvalue weighted by Gasteiger charge is 2.13. The van der Waals surface area contributed by atoms with Gasteiger partial charge in [0.15, 0.2) is 0 Å². The first-order chi connectivity index (χ1) is 6.20. The van der Waals surface area contributed by atoms with Gasteiger partial charge in [0.25, 0.3) is 0 Å². The Morgan fingerprint density at radius 1 is 1.43 bits per heavy atom. The fourth-order valence-corrected chi connectivity index (χ4v) is 2.13. The Labute approximate surface area is 85.6 Å². The molecule has 0 fully saturated rings. The maximum atomic E-state index is 10.7. The zero-order valence-corrected chi connectivity index (χ0v) is 10.1. The average molecular weight is 221 g/mol. The van der Waals surface area contributed by atoms with Gasteiger partial charge in [-0.05, 0) is 13.8 Å². The largest absolute Gasteiger partial charge is 0.329 e. The molecular weight excluding hydrogens is 201 g/mol. The van der Waals surface area contributed by atoms with Gasteiger partial charge in [0, 0.05) is 12.1 Å². The van der Waals surface area contributed by atoms with E-state index < -0.39 is 7.60 Å². The number of rotatable bonds is 5. The van der Waals surface area contributed by atoms with Crippen LogP contribution in [0.5, 0.6) is 0 Å². The SMILES string of the molecule is CC(=CC(C)NC(C)C)CP(=O)(O)O. The van der Waals surface area contributed by atoms with Crippen molar-refractivity contribution in [2.24, 2.45) is 0 Å². The summed E-state index contributed by atoms with van der Waals surface area (Å²) in [5.41, 5.74) is 0.721. The van der Waals surface area contributed by atoms with E-state index in [1.165, 1.54) is 0 Å². The van der Waals surface area contributed by atoms with E-state index in [9.17, 15) is 4.57 Å². The summed E-state index contributed by atoms with van der Waals surface area (Å²) < 4.78 is 10.7. The molecule has 1 atom stereocenters. The van der Waals surface area contributed by atoms with E-state index in [2.05, 4.69) is 5.32 Å². The Morgan fingerprint density at radius 2 is 1.93 bits per heavy atom. The molecule has 14 heavy (non-hydrogen) atoms. The second kappa shape index (κ2) is 5.66. The first-order valence-electron chi connectivity index (χ1n) is 4.68. The molecule has 0 aliphatic carbocycles. The molecule has 5 heteroatoms. The molecule has 0 rings (SSSR count). The van der Waals surface area contributed by atoms with Crippen molar-refractivity contribution in [1.29, 1.82) is 0 Å². The van der Waals surface area contributed by atoms with Crippen LogP contribution in [0, 0.1) is 0 Å². The van der Waals surface area contributed by atoms with Crippen LogP contribution in [0.2, 0.25) is 0 Å². The van der Waals surface area contributed by atoms with E-state index in [1.807, 2.05) is 26.8 Å². The Hall–Kier alpha value is -0.150. The standard InChI is InChI=1S/C9H20NO3P/c1-7(2)10-9(4)5-8(3)6-14(11,12)13/h5,7,9-10H,6H2,1-4H3,(H2,11,12,13). The van der Waals surface area contributed by atoms with E-state index in [-0.39, 0.29) is 12.2 Å². The normalized spacial score (nSPS) is 16.1. The van der Waals surface area contributed by atoms with Crippen LogP contribution in [0.15, 0.2) is 11.6 Å². The van der Waals surface area contributed by atoms with Crippen molar-refractivity contribution < 1.29 is 14.4 Å². The Balaban J connectivity index is 4.16. The summed E-state index contributed by atoms with van der Waals surface area (Å²) in [6.45, 7) is 7.76. The lowest BCUT2D eigenvalue weighted by molar-refractivity contribution is 0.376. The molecule has 0 radical (unpaired) electrons. The lowest BCUT2D eigenvalue weighted by Crippen LogP contribution is -2.31. The lowest BCUT2D eigenvalue weighted by Gasteiger charge is -2.14. The molecule has 0 aromatic carbocycles. The van der Waals surface area contributed by atoms with Crippen LogP contribution in [-0.2, 0) is 4.57 Å². The predicted octanol–water partition coefficient (Wildman–Crippen LogP) is 1.50. The van der Waals surface area contributed by atoms with Gasteiger partial charge in [0.2, 0.25) is 0 Å². The molecule has 3 N–H and O–H groups in total. The Kier molecular flexibility index (Phi) is 5.60. The number of hydrogen-bond donors (Lipinski definition) is 3. The topological polar surface area (TPSA) is 69.6 Å². The second-order valence-electron chi connectivity index (χ2n) is 3.95. The second-order valence-corrected chi connectivity index (χ2v) is 5.59. The minimum Gasteiger partial charge on any atom is -0.324 e. The molecule has 0 heterocycles. The third-order valence-electron chi connectivity index (χ3n) is 1.59. The van der Waals surface area contributed by atoms with Gasteiger partial charge in [0.05, 0.1) is 6.16 Å². The van der Waals surface area contributed by atoms with Crippen molar-refractivity contribution in [2.45, 2.75) is 39.8 Å². The highest BCUT2D eigenvalue weighted by Crippen LogP contribution is 2.36. The molecule has 0 aromatic rings. The molecular formula is C9H20NO3P.